The number of hydrogen-bond donors (Lipinski definition) is 0. The number of carbonyl (C=O) groups excluding carboxylic acids is 3. The molecule has 10 nitrogen and oxygen atoms in total. The number of nitrogens with zero attached hydrogens (tertiary/aromatic N) is 5. The largest absolute Gasteiger partial charge is 0.444 e. The molecule has 1 aromatic heterocycles. The second-order valence-electron chi connectivity index (χ2n) is 13.3. The summed E-state index contributed by atoms with van der Waals surface area (Å²) in [5.41, 5.74) is 0.0125. The van der Waals surface area contributed by atoms with Gasteiger partial charge in [-0.3, -0.25) is 9.59 Å². The molecule has 3 heterocycles. The van der Waals surface area contributed by atoms with Crippen LogP contribution in [0.15, 0.2) is 18.2 Å². The molecule has 43 heavy (non-hydrogen) atoms. The molecule has 3 amide bonds. The molecule has 2 fully saturated rings. The number of unbranched alkanes of at least 4 members (excludes halogenated alkanes) is 1. The highest BCUT2D eigenvalue weighted by atomic mass is 19.1. The average Bonchev–Trinajstić information content (AvgIpc) is 3.61. The molecule has 4 rings (SSSR count). The summed E-state index contributed by atoms with van der Waals surface area (Å²) in [4.78, 5) is 51.3. The van der Waals surface area contributed by atoms with Gasteiger partial charge < -0.3 is 28.7 Å². The number of carbonyl (C=O) groups is 3. The molecule has 0 radical (unpaired) electrons. The standard InChI is InChI=1S/C32H48FN5O5/c1-22(2)19-38(30(40)28-34-26-13-11-12-25(33)27(26)37(28)16-9-10-17-42-6)24-18-23(29(39)35-14-7-8-15-35)20-36(21-24)31(41)43-32(3,4)5/h11-13,22-24H,7-10,14-21H2,1-6H3/t23-,24?/m1/s1. The Morgan fingerprint density at radius 3 is 2.47 bits per heavy atom. The molecule has 2 aliphatic heterocycles. The van der Waals surface area contributed by atoms with Crippen LogP contribution in [0.25, 0.3) is 11.0 Å². The fourth-order valence-electron chi connectivity index (χ4n) is 6.11. The Morgan fingerprint density at radius 2 is 1.81 bits per heavy atom. The number of halogens is 1. The van der Waals surface area contributed by atoms with Gasteiger partial charge in [0.15, 0.2) is 5.82 Å². The maximum Gasteiger partial charge on any atom is 0.410 e. The van der Waals surface area contributed by atoms with Crippen LogP contribution in [0, 0.1) is 17.7 Å². The molecule has 0 N–H and O–H groups in total. The molecule has 2 saturated heterocycles. The Kier molecular flexibility index (Phi) is 10.7. The molecule has 238 valence electrons. The predicted octanol–water partition coefficient (Wildman–Crippen LogP) is 4.95. The maximum atomic E-state index is 15.1. The Balaban J connectivity index is 1.70. The summed E-state index contributed by atoms with van der Waals surface area (Å²) in [5, 5.41) is 0. The van der Waals surface area contributed by atoms with E-state index in [1.54, 1.807) is 33.6 Å². The number of aryl methyl sites for hydroxylation is 1. The molecular weight excluding hydrogens is 553 g/mol. The first-order valence-corrected chi connectivity index (χ1v) is 15.6. The number of likely N-dealkylation sites (tertiary alicyclic amines) is 2. The van der Waals surface area contributed by atoms with Crippen LogP contribution in [-0.4, -0.2) is 100 Å². The van der Waals surface area contributed by atoms with Gasteiger partial charge in [0.25, 0.3) is 5.91 Å². The van der Waals surface area contributed by atoms with E-state index in [1.165, 1.54) is 6.07 Å². The van der Waals surface area contributed by atoms with Gasteiger partial charge in [-0.2, -0.15) is 0 Å². The van der Waals surface area contributed by atoms with E-state index in [4.69, 9.17) is 9.47 Å². The van der Waals surface area contributed by atoms with Gasteiger partial charge >= 0.3 is 6.09 Å². The van der Waals surface area contributed by atoms with Crippen molar-refractivity contribution in [3.05, 3.63) is 29.8 Å². The number of amides is 3. The minimum atomic E-state index is -0.705. The number of piperidine rings is 1. The molecule has 0 spiro atoms. The zero-order valence-corrected chi connectivity index (χ0v) is 26.6. The van der Waals surface area contributed by atoms with Crippen molar-refractivity contribution in [2.45, 2.75) is 84.9 Å². The van der Waals surface area contributed by atoms with Crippen LogP contribution in [-0.2, 0) is 20.8 Å². The zero-order valence-electron chi connectivity index (χ0n) is 26.6. The van der Waals surface area contributed by atoms with Crippen molar-refractivity contribution < 1.29 is 28.2 Å². The summed E-state index contributed by atoms with van der Waals surface area (Å²) in [5.74, 6) is -0.951. The average molecular weight is 602 g/mol. The second kappa shape index (κ2) is 14.1. The lowest BCUT2D eigenvalue weighted by atomic mass is 9.91. The lowest BCUT2D eigenvalue weighted by Gasteiger charge is -2.43. The van der Waals surface area contributed by atoms with Gasteiger partial charge in [-0.25, -0.2) is 14.2 Å². The van der Waals surface area contributed by atoms with Gasteiger partial charge in [0.05, 0.1) is 17.5 Å². The number of aromatic nitrogens is 2. The summed E-state index contributed by atoms with van der Waals surface area (Å²) < 4.78 is 27.7. The van der Waals surface area contributed by atoms with Crippen molar-refractivity contribution in [3.8, 4) is 0 Å². The third-order valence-corrected chi connectivity index (χ3v) is 8.00. The van der Waals surface area contributed by atoms with Crippen LogP contribution in [0.1, 0.15) is 77.3 Å². The molecule has 2 aromatic rings. The van der Waals surface area contributed by atoms with Crippen LogP contribution < -0.4 is 0 Å². The van der Waals surface area contributed by atoms with E-state index in [9.17, 15) is 14.4 Å². The van der Waals surface area contributed by atoms with Gasteiger partial charge in [-0.1, -0.05) is 19.9 Å². The molecule has 0 aliphatic carbocycles. The van der Waals surface area contributed by atoms with E-state index in [1.807, 2.05) is 39.5 Å². The van der Waals surface area contributed by atoms with Crippen LogP contribution in [0.2, 0.25) is 0 Å². The van der Waals surface area contributed by atoms with Gasteiger partial charge in [-0.05, 0) is 70.9 Å². The summed E-state index contributed by atoms with van der Waals surface area (Å²) in [7, 11) is 1.64. The summed E-state index contributed by atoms with van der Waals surface area (Å²) in [6.45, 7) is 12.7. The number of para-hydroxylation sites is 1. The molecule has 2 atom stereocenters. The lowest BCUT2D eigenvalue weighted by molar-refractivity contribution is -0.137. The van der Waals surface area contributed by atoms with Crippen molar-refractivity contribution in [3.63, 3.8) is 0 Å². The van der Waals surface area contributed by atoms with E-state index < -0.39 is 29.5 Å². The first kappa shape index (κ1) is 32.7. The van der Waals surface area contributed by atoms with Crippen molar-refractivity contribution >= 4 is 28.9 Å². The topological polar surface area (TPSA) is 97.2 Å². The monoisotopic (exact) mass is 601 g/mol. The highest BCUT2D eigenvalue weighted by Crippen LogP contribution is 2.29. The zero-order chi connectivity index (χ0) is 31.3. The van der Waals surface area contributed by atoms with E-state index in [0.717, 1.165) is 19.3 Å². The van der Waals surface area contributed by atoms with E-state index in [-0.39, 0.29) is 36.6 Å². The van der Waals surface area contributed by atoms with E-state index in [0.29, 0.717) is 56.7 Å². The number of rotatable bonds is 10. The minimum Gasteiger partial charge on any atom is -0.444 e. The van der Waals surface area contributed by atoms with Crippen LogP contribution in [0.3, 0.4) is 0 Å². The Bertz CT molecular complexity index is 1280. The Hall–Kier alpha value is -3.21. The summed E-state index contributed by atoms with van der Waals surface area (Å²) in [6, 6.07) is 4.24. The minimum absolute atomic E-state index is 0.0140. The van der Waals surface area contributed by atoms with Crippen molar-refractivity contribution in [2.24, 2.45) is 11.8 Å². The third-order valence-electron chi connectivity index (χ3n) is 8.00. The molecule has 0 saturated carbocycles. The normalized spacial score (nSPS) is 19.3. The Morgan fingerprint density at radius 1 is 1.09 bits per heavy atom. The van der Waals surface area contributed by atoms with Crippen LogP contribution in [0.4, 0.5) is 9.18 Å². The third kappa shape index (κ3) is 8.04. The second-order valence-corrected chi connectivity index (χ2v) is 13.3. The first-order chi connectivity index (χ1) is 20.4. The lowest BCUT2D eigenvalue weighted by Crippen LogP contribution is -2.58. The highest BCUT2D eigenvalue weighted by Gasteiger charge is 2.42. The van der Waals surface area contributed by atoms with Gasteiger partial charge in [0.2, 0.25) is 5.91 Å². The molecular formula is C32H48FN5O5. The number of hydrogen-bond acceptors (Lipinski definition) is 6. The maximum absolute atomic E-state index is 15.1. The fraction of sp³-hybridized carbons (Fsp3) is 0.688. The van der Waals surface area contributed by atoms with Crippen molar-refractivity contribution in [1.82, 2.24) is 24.3 Å². The number of methoxy groups -OCH3 is 1. The quantitative estimate of drug-likeness (QED) is 0.358. The van der Waals surface area contributed by atoms with E-state index in [2.05, 4.69) is 4.98 Å². The smallest absolute Gasteiger partial charge is 0.410 e. The predicted molar refractivity (Wildman–Crippen MR) is 162 cm³/mol. The molecule has 2 aliphatic rings. The first-order valence-electron chi connectivity index (χ1n) is 15.6. The summed E-state index contributed by atoms with van der Waals surface area (Å²) >= 11 is 0. The number of fused-ring (bicyclic) bond motifs is 1. The Labute approximate surface area is 254 Å². The van der Waals surface area contributed by atoms with Gasteiger partial charge in [0, 0.05) is 53.0 Å². The number of imidazole rings is 1. The molecule has 1 aromatic carbocycles. The van der Waals surface area contributed by atoms with Crippen LogP contribution in [0.5, 0.6) is 0 Å². The van der Waals surface area contributed by atoms with Gasteiger partial charge in [-0.15, -0.1) is 0 Å². The van der Waals surface area contributed by atoms with E-state index >= 15 is 4.39 Å². The fourth-order valence-corrected chi connectivity index (χ4v) is 6.11. The van der Waals surface area contributed by atoms with Gasteiger partial charge in [0.1, 0.15) is 16.9 Å². The summed E-state index contributed by atoms with van der Waals surface area (Å²) in [6.07, 6.45) is 3.29. The van der Waals surface area contributed by atoms with Crippen LogP contribution >= 0.6 is 0 Å². The molecule has 1 unspecified atom stereocenters. The SMILES string of the molecule is COCCCCn1c(C(=O)N(CC(C)C)C2C[C@@H](C(=O)N3CCCC3)CN(C(=O)OC(C)(C)C)C2)nc2cccc(F)c21. The number of benzene rings is 1. The highest BCUT2D eigenvalue weighted by molar-refractivity contribution is 5.95. The number of ether oxygens (including phenoxy) is 2. The van der Waals surface area contributed by atoms with Crippen molar-refractivity contribution in [2.75, 3.05) is 46.4 Å². The molecule has 11 heteroatoms. The van der Waals surface area contributed by atoms with Crippen molar-refractivity contribution in [1.29, 1.82) is 0 Å². The molecule has 0 bridgehead atoms.